The van der Waals surface area contributed by atoms with Gasteiger partial charge < -0.3 is 19.2 Å². The number of ether oxygens (including phenoxy) is 2. The van der Waals surface area contributed by atoms with Crippen LogP contribution < -0.4 is 19.5 Å². The number of nitrogens with zero attached hydrogens (tertiary/aromatic N) is 1. The van der Waals surface area contributed by atoms with Gasteiger partial charge in [-0.15, -0.1) is 0 Å². The fraction of sp³-hybridized carbons (Fsp3) is 0.353. The van der Waals surface area contributed by atoms with E-state index < -0.39 is 28.2 Å². The molecule has 1 saturated heterocycles. The number of furan rings is 1. The van der Waals surface area contributed by atoms with Crippen LogP contribution in [0, 0.1) is 0 Å². The van der Waals surface area contributed by atoms with E-state index in [1.165, 1.54) is 39.7 Å². The van der Waals surface area contributed by atoms with Crippen molar-refractivity contribution >= 4 is 33.4 Å². The number of hydrogen-bond donors (Lipinski definition) is 2. The zero-order chi connectivity index (χ0) is 20.5. The van der Waals surface area contributed by atoms with Gasteiger partial charge in [-0.1, -0.05) is 11.6 Å². The van der Waals surface area contributed by atoms with Crippen molar-refractivity contribution in [3.05, 3.63) is 41.3 Å². The first-order chi connectivity index (χ1) is 13.3. The molecule has 1 amide bonds. The van der Waals surface area contributed by atoms with Crippen LogP contribution in [0.15, 0.2) is 34.9 Å². The fourth-order valence-electron chi connectivity index (χ4n) is 2.96. The van der Waals surface area contributed by atoms with E-state index in [9.17, 15) is 13.2 Å². The number of carbonyl (C=O) groups is 1. The minimum atomic E-state index is -3.87. The summed E-state index contributed by atoms with van der Waals surface area (Å²) in [6.07, 6.45) is 1.63. The summed E-state index contributed by atoms with van der Waals surface area (Å²) in [5.41, 5.74) is 0.313. The summed E-state index contributed by atoms with van der Waals surface area (Å²) in [4.78, 5) is 12.9. The zero-order valence-corrected chi connectivity index (χ0v) is 17.0. The monoisotopic (exact) mass is 429 g/mol. The third kappa shape index (κ3) is 3.95. The minimum absolute atomic E-state index is 0.183. The average Bonchev–Trinajstić information content (AvgIpc) is 3.19. The second kappa shape index (κ2) is 8.00. The van der Waals surface area contributed by atoms with E-state index >= 15 is 0 Å². The van der Waals surface area contributed by atoms with Crippen molar-refractivity contribution in [2.24, 2.45) is 0 Å². The fourth-order valence-corrected chi connectivity index (χ4v) is 4.45. The Morgan fingerprint density at radius 2 is 2.04 bits per heavy atom. The van der Waals surface area contributed by atoms with Gasteiger partial charge in [-0.2, -0.15) is 17.4 Å². The second-order valence-corrected chi connectivity index (χ2v) is 8.30. The topological polar surface area (TPSA) is 110 Å². The molecule has 1 aliphatic heterocycles. The van der Waals surface area contributed by atoms with Crippen molar-refractivity contribution < 1.29 is 27.1 Å². The molecule has 1 aliphatic rings. The summed E-state index contributed by atoms with van der Waals surface area (Å²) in [7, 11) is 0.342. The molecule has 2 N–H and O–H groups in total. The average molecular weight is 430 g/mol. The molecule has 2 atom stereocenters. The van der Waals surface area contributed by atoms with Gasteiger partial charge in [0.1, 0.15) is 23.3 Å². The highest BCUT2D eigenvalue weighted by Crippen LogP contribution is 2.36. The van der Waals surface area contributed by atoms with E-state index in [1.807, 2.05) is 0 Å². The molecule has 3 rings (SSSR count). The van der Waals surface area contributed by atoms with Crippen molar-refractivity contribution in [1.29, 1.82) is 0 Å². The number of carbonyl (C=O) groups excluding carboxylic acids is 1. The normalized spacial score (nSPS) is 21.9. The number of benzene rings is 1. The summed E-state index contributed by atoms with van der Waals surface area (Å²) in [5.74, 6) is 0.575. The third-order valence-corrected chi connectivity index (χ3v) is 6.38. The number of nitrogens with one attached hydrogen (secondary N) is 2. The van der Waals surface area contributed by atoms with Gasteiger partial charge in [-0.3, -0.25) is 4.79 Å². The summed E-state index contributed by atoms with van der Waals surface area (Å²) >= 11 is 6.08. The quantitative estimate of drug-likeness (QED) is 0.753. The lowest BCUT2D eigenvalue weighted by atomic mass is 10.0. The summed E-state index contributed by atoms with van der Waals surface area (Å²) in [5, 5.41) is 3.02. The molecule has 0 saturated carbocycles. The van der Waals surface area contributed by atoms with E-state index in [0.717, 1.165) is 4.31 Å². The van der Waals surface area contributed by atoms with Crippen molar-refractivity contribution in [2.75, 3.05) is 26.6 Å². The molecule has 28 heavy (non-hydrogen) atoms. The number of likely N-dealkylation sites (N-methyl/N-ethyl adjacent to an activating group) is 1. The van der Waals surface area contributed by atoms with Crippen molar-refractivity contribution in [3.8, 4) is 11.5 Å². The molecule has 2 aromatic rings. The van der Waals surface area contributed by atoms with Crippen molar-refractivity contribution in [2.45, 2.75) is 18.5 Å². The molecule has 1 aromatic heterocycles. The van der Waals surface area contributed by atoms with Crippen LogP contribution in [0.2, 0.25) is 5.02 Å². The summed E-state index contributed by atoms with van der Waals surface area (Å²) in [6, 6.07) is 4.70. The maximum Gasteiger partial charge on any atom is 0.280 e. The molecule has 0 radical (unpaired) electrons. The Morgan fingerprint density at radius 3 is 2.64 bits per heavy atom. The molecule has 152 valence electrons. The molecule has 1 fully saturated rings. The van der Waals surface area contributed by atoms with Crippen LogP contribution in [-0.4, -0.2) is 45.9 Å². The number of hydrogen-bond acceptors (Lipinski definition) is 6. The van der Waals surface area contributed by atoms with E-state index in [-0.39, 0.29) is 6.42 Å². The van der Waals surface area contributed by atoms with Gasteiger partial charge in [0.05, 0.1) is 37.2 Å². The van der Waals surface area contributed by atoms with Crippen LogP contribution in [0.25, 0.3) is 0 Å². The molecule has 0 aliphatic carbocycles. The molecular formula is C17H20ClN3O6S. The highest BCUT2D eigenvalue weighted by atomic mass is 35.5. The first kappa shape index (κ1) is 20.5. The third-order valence-electron chi connectivity index (χ3n) is 4.49. The van der Waals surface area contributed by atoms with Gasteiger partial charge in [0, 0.05) is 19.2 Å². The van der Waals surface area contributed by atoms with Crippen molar-refractivity contribution in [3.63, 3.8) is 0 Å². The Hall–Kier alpha value is -2.27. The molecular weight excluding hydrogens is 410 g/mol. The Bertz CT molecular complexity index is 964. The molecule has 2 heterocycles. The highest BCUT2D eigenvalue weighted by Gasteiger charge is 2.41. The van der Waals surface area contributed by atoms with Crippen molar-refractivity contribution in [1.82, 2.24) is 9.03 Å². The first-order valence-corrected chi connectivity index (χ1v) is 10.1. The first-order valence-electron chi connectivity index (χ1n) is 8.28. The lowest BCUT2D eigenvalue weighted by molar-refractivity contribution is -0.120. The predicted molar refractivity (Wildman–Crippen MR) is 103 cm³/mol. The predicted octanol–water partition coefficient (Wildman–Crippen LogP) is 2.17. The Morgan fingerprint density at radius 1 is 1.32 bits per heavy atom. The lowest BCUT2D eigenvalue weighted by Gasteiger charge is -2.35. The SMILES string of the molecule is COc1cc(NC(=O)[C@H]2C[C@@H](c3ccco3)NS(=O)(=O)N2C)c(OC)cc1Cl. The second-order valence-electron chi connectivity index (χ2n) is 6.13. The Balaban J connectivity index is 1.88. The van der Waals surface area contributed by atoms with Gasteiger partial charge in [-0.25, -0.2) is 0 Å². The summed E-state index contributed by atoms with van der Waals surface area (Å²) < 4.78 is 44.1. The maximum absolute atomic E-state index is 12.9. The van der Waals surface area contributed by atoms with E-state index in [0.29, 0.717) is 28.0 Å². The zero-order valence-electron chi connectivity index (χ0n) is 15.4. The van der Waals surface area contributed by atoms with Gasteiger partial charge in [0.15, 0.2) is 0 Å². The number of methoxy groups -OCH3 is 2. The maximum atomic E-state index is 12.9. The van der Waals surface area contributed by atoms with Crippen LogP contribution in [0.3, 0.4) is 0 Å². The van der Waals surface area contributed by atoms with Crippen LogP contribution >= 0.6 is 11.6 Å². The van der Waals surface area contributed by atoms with Gasteiger partial charge in [0.25, 0.3) is 10.2 Å². The van der Waals surface area contributed by atoms with Gasteiger partial charge >= 0.3 is 0 Å². The smallest absolute Gasteiger partial charge is 0.280 e. The largest absolute Gasteiger partial charge is 0.495 e. The van der Waals surface area contributed by atoms with Crippen LogP contribution in [0.5, 0.6) is 11.5 Å². The minimum Gasteiger partial charge on any atom is -0.495 e. The molecule has 0 unspecified atom stereocenters. The van der Waals surface area contributed by atoms with Crippen LogP contribution in [0.4, 0.5) is 5.69 Å². The Labute approximate surface area is 167 Å². The van der Waals surface area contributed by atoms with E-state index in [2.05, 4.69) is 10.0 Å². The molecule has 9 nitrogen and oxygen atoms in total. The molecule has 1 aromatic carbocycles. The Kier molecular flexibility index (Phi) is 5.84. The lowest BCUT2D eigenvalue weighted by Crippen LogP contribution is -2.55. The van der Waals surface area contributed by atoms with Gasteiger partial charge in [-0.05, 0) is 18.6 Å². The number of rotatable bonds is 5. The standard InChI is InChI=1S/C17H20ClN3O6S/c1-21-13(8-12(20-28(21,23)24)14-5-4-6-27-14)17(22)19-11-9-15(25-2)10(18)7-16(11)26-3/h4-7,9,12-13,20H,8H2,1-3H3,(H,19,22)/t12-,13+/m0/s1. The highest BCUT2D eigenvalue weighted by molar-refractivity contribution is 7.87. The van der Waals surface area contributed by atoms with Crippen LogP contribution in [-0.2, 0) is 15.0 Å². The number of anilines is 1. The molecule has 0 bridgehead atoms. The van der Waals surface area contributed by atoms with E-state index in [4.69, 9.17) is 25.5 Å². The van der Waals surface area contributed by atoms with Crippen LogP contribution in [0.1, 0.15) is 18.2 Å². The van der Waals surface area contributed by atoms with Gasteiger partial charge in [0.2, 0.25) is 5.91 Å². The molecule has 0 spiro atoms. The number of halogens is 1. The van der Waals surface area contributed by atoms with E-state index in [1.54, 1.807) is 12.1 Å². The number of amides is 1. The summed E-state index contributed by atoms with van der Waals surface area (Å²) in [6.45, 7) is 0. The molecule has 11 heteroatoms.